The van der Waals surface area contributed by atoms with Gasteiger partial charge in [-0.2, -0.15) is 10.1 Å². The lowest BCUT2D eigenvalue weighted by molar-refractivity contribution is -0.117. The van der Waals surface area contributed by atoms with Gasteiger partial charge in [0.1, 0.15) is 18.4 Å². The molecule has 0 saturated heterocycles. The van der Waals surface area contributed by atoms with Gasteiger partial charge in [-0.3, -0.25) is 9.59 Å². The van der Waals surface area contributed by atoms with Gasteiger partial charge < -0.3 is 15.6 Å². The third kappa shape index (κ3) is 4.54. The molecule has 0 aliphatic carbocycles. The van der Waals surface area contributed by atoms with E-state index in [1.54, 1.807) is 24.3 Å². The van der Waals surface area contributed by atoms with Gasteiger partial charge >= 0.3 is 0 Å². The van der Waals surface area contributed by atoms with Crippen LogP contribution in [0.2, 0.25) is 0 Å². The highest BCUT2D eigenvalue weighted by molar-refractivity contribution is 5.93. The molecule has 0 fully saturated rings. The van der Waals surface area contributed by atoms with E-state index in [2.05, 4.69) is 26.8 Å². The maximum atomic E-state index is 12.8. The number of aromatic nitrogens is 5. The topological polar surface area (TPSA) is 145 Å². The van der Waals surface area contributed by atoms with E-state index in [4.69, 9.17) is 5.73 Å². The molecule has 170 valence electrons. The Balaban J connectivity index is 1.53. The predicted molar refractivity (Wildman–Crippen MR) is 125 cm³/mol. The molecule has 10 nitrogen and oxygen atoms in total. The first-order valence-corrected chi connectivity index (χ1v) is 10.5. The maximum absolute atomic E-state index is 12.8. The van der Waals surface area contributed by atoms with Gasteiger partial charge in [0.25, 0.3) is 0 Å². The number of carbonyl (C=O) groups is 2. The van der Waals surface area contributed by atoms with Crippen LogP contribution in [0.1, 0.15) is 32.7 Å². The van der Waals surface area contributed by atoms with Crippen molar-refractivity contribution in [3.63, 3.8) is 0 Å². The van der Waals surface area contributed by atoms with Crippen LogP contribution < -0.4 is 11.1 Å². The van der Waals surface area contributed by atoms with E-state index in [1.807, 2.05) is 48.7 Å². The van der Waals surface area contributed by atoms with E-state index in [-0.39, 0.29) is 6.54 Å². The molecule has 0 aliphatic rings. The monoisotopic (exact) mass is 454 g/mol. The Morgan fingerprint density at radius 2 is 1.79 bits per heavy atom. The van der Waals surface area contributed by atoms with Gasteiger partial charge in [0.2, 0.25) is 17.6 Å². The lowest BCUT2D eigenvalue weighted by Crippen LogP contribution is -2.23. The van der Waals surface area contributed by atoms with Gasteiger partial charge in [-0.1, -0.05) is 42.5 Å². The van der Waals surface area contributed by atoms with E-state index >= 15 is 0 Å². The van der Waals surface area contributed by atoms with Crippen molar-refractivity contribution >= 4 is 17.6 Å². The number of rotatable bonds is 7. The average Bonchev–Trinajstić information content (AvgIpc) is 3.38. The third-order valence-electron chi connectivity index (χ3n) is 5.55. The zero-order chi connectivity index (χ0) is 24.2. The van der Waals surface area contributed by atoms with E-state index in [1.165, 1.54) is 4.80 Å². The van der Waals surface area contributed by atoms with Crippen molar-refractivity contribution in [2.75, 3.05) is 5.32 Å². The lowest BCUT2D eigenvalue weighted by atomic mass is 10.1. The van der Waals surface area contributed by atoms with Crippen LogP contribution in [0.3, 0.4) is 0 Å². The molecule has 2 aromatic heterocycles. The van der Waals surface area contributed by atoms with Crippen LogP contribution in [0.25, 0.3) is 11.4 Å². The van der Waals surface area contributed by atoms with Crippen LogP contribution in [0.5, 0.6) is 0 Å². The Morgan fingerprint density at radius 3 is 2.44 bits per heavy atom. The fourth-order valence-corrected chi connectivity index (χ4v) is 3.60. The molecule has 10 heteroatoms. The molecule has 0 radical (unpaired) electrons. The number of amides is 2. The van der Waals surface area contributed by atoms with Gasteiger partial charge in [0, 0.05) is 23.4 Å². The summed E-state index contributed by atoms with van der Waals surface area (Å²) >= 11 is 0. The number of nitrogens with two attached hydrogens (primary N) is 1. The molecule has 2 heterocycles. The third-order valence-corrected chi connectivity index (χ3v) is 5.55. The number of nitrogens with one attached hydrogen (secondary N) is 1. The Labute approximate surface area is 195 Å². The van der Waals surface area contributed by atoms with Crippen LogP contribution >= 0.6 is 0 Å². The standard InChI is InChI=1S/C24H22N8O2/c1-15-16(2)31(13-17-6-4-3-5-7-17)24(20(15)12-25)27-21(33)14-32-29-23(28-30-32)19-10-8-18(9-11-19)22(26)34/h3-11H,13-14H2,1-2H3,(H2,26,34)(H,27,33). The summed E-state index contributed by atoms with van der Waals surface area (Å²) in [6.07, 6.45) is 0. The second-order valence-corrected chi connectivity index (χ2v) is 7.75. The molecule has 0 aliphatic heterocycles. The van der Waals surface area contributed by atoms with Crippen molar-refractivity contribution < 1.29 is 9.59 Å². The number of hydrogen-bond donors (Lipinski definition) is 2. The number of anilines is 1. The molecule has 3 N–H and O–H groups in total. The number of tetrazole rings is 1. The average molecular weight is 454 g/mol. The fourth-order valence-electron chi connectivity index (χ4n) is 3.60. The first-order valence-electron chi connectivity index (χ1n) is 10.5. The molecule has 0 spiro atoms. The largest absolute Gasteiger partial charge is 0.366 e. The minimum Gasteiger partial charge on any atom is -0.366 e. The van der Waals surface area contributed by atoms with Crippen molar-refractivity contribution in [2.45, 2.75) is 26.9 Å². The maximum Gasteiger partial charge on any atom is 0.249 e. The normalized spacial score (nSPS) is 10.6. The number of carbonyl (C=O) groups excluding carboxylic acids is 2. The summed E-state index contributed by atoms with van der Waals surface area (Å²) in [5.41, 5.74) is 9.44. The smallest absolute Gasteiger partial charge is 0.249 e. The fraction of sp³-hybridized carbons (Fsp3) is 0.167. The van der Waals surface area contributed by atoms with Crippen LogP contribution in [0.15, 0.2) is 54.6 Å². The van der Waals surface area contributed by atoms with Crippen molar-refractivity contribution in [1.29, 1.82) is 5.26 Å². The summed E-state index contributed by atoms with van der Waals surface area (Å²) in [4.78, 5) is 25.2. The molecule has 2 aromatic carbocycles. The molecular formula is C24H22N8O2. The molecule has 0 atom stereocenters. The van der Waals surface area contributed by atoms with Gasteiger partial charge in [-0.15, -0.1) is 10.2 Å². The Morgan fingerprint density at radius 1 is 1.09 bits per heavy atom. The molecule has 2 amide bonds. The first kappa shape index (κ1) is 22.4. The second kappa shape index (κ2) is 9.38. The van der Waals surface area contributed by atoms with Crippen LogP contribution in [-0.2, 0) is 17.9 Å². The summed E-state index contributed by atoms with van der Waals surface area (Å²) in [7, 11) is 0. The summed E-state index contributed by atoms with van der Waals surface area (Å²) in [6, 6.07) is 18.5. The number of hydrogen-bond acceptors (Lipinski definition) is 6. The van der Waals surface area contributed by atoms with Gasteiger partial charge in [-0.25, -0.2) is 0 Å². The van der Waals surface area contributed by atoms with Gasteiger partial charge in [-0.05, 0) is 42.3 Å². The summed E-state index contributed by atoms with van der Waals surface area (Å²) in [5, 5.41) is 24.7. The highest BCUT2D eigenvalue weighted by atomic mass is 16.2. The van der Waals surface area contributed by atoms with Crippen LogP contribution in [0, 0.1) is 25.2 Å². The molecule has 0 saturated carbocycles. The van der Waals surface area contributed by atoms with E-state index in [9.17, 15) is 14.9 Å². The minimum atomic E-state index is -0.529. The first-order chi connectivity index (χ1) is 16.4. The Kier molecular flexibility index (Phi) is 6.18. The number of primary amides is 1. The number of nitriles is 1. The summed E-state index contributed by atoms with van der Waals surface area (Å²) in [5.74, 6) is -0.176. The highest BCUT2D eigenvalue weighted by Gasteiger charge is 2.20. The van der Waals surface area contributed by atoms with Crippen molar-refractivity contribution in [2.24, 2.45) is 5.73 Å². The van der Waals surface area contributed by atoms with Crippen LogP contribution in [-0.4, -0.2) is 36.6 Å². The summed E-state index contributed by atoms with van der Waals surface area (Å²) in [6.45, 7) is 4.10. The molecule has 0 bridgehead atoms. The zero-order valence-electron chi connectivity index (χ0n) is 18.7. The summed E-state index contributed by atoms with van der Waals surface area (Å²) < 4.78 is 1.92. The molecule has 4 rings (SSSR count). The molecule has 34 heavy (non-hydrogen) atoms. The Hall–Kier alpha value is -4.78. The molecular weight excluding hydrogens is 432 g/mol. The predicted octanol–water partition coefficient (Wildman–Crippen LogP) is 2.42. The van der Waals surface area contributed by atoms with E-state index < -0.39 is 11.8 Å². The van der Waals surface area contributed by atoms with Gasteiger partial charge in [0.05, 0.1) is 5.56 Å². The Bertz CT molecular complexity index is 1400. The van der Waals surface area contributed by atoms with E-state index in [0.29, 0.717) is 34.9 Å². The SMILES string of the molecule is Cc1c(C#N)c(NC(=O)Cn2nnc(-c3ccc(C(N)=O)cc3)n2)n(Cc2ccccc2)c1C. The second-order valence-electron chi connectivity index (χ2n) is 7.75. The van der Waals surface area contributed by atoms with Crippen molar-refractivity contribution in [3.05, 3.63) is 82.5 Å². The van der Waals surface area contributed by atoms with Crippen molar-refractivity contribution in [1.82, 2.24) is 24.8 Å². The molecule has 0 unspecified atom stereocenters. The number of nitrogens with zero attached hydrogens (tertiary/aromatic N) is 6. The van der Waals surface area contributed by atoms with Crippen molar-refractivity contribution in [3.8, 4) is 17.5 Å². The lowest BCUT2D eigenvalue weighted by Gasteiger charge is -2.13. The number of benzene rings is 2. The van der Waals surface area contributed by atoms with Crippen LogP contribution in [0.4, 0.5) is 5.82 Å². The molecule has 4 aromatic rings. The van der Waals surface area contributed by atoms with Gasteiger partial charge in [0.15, 0.2) is 0 Å². The zero-order valence-corrected chi connectivity index (χ0v) is 18.7. The minimum absolute atomic E-state index is 0.189. The quantitative estimate of drug-likeness (QED) is 0.439. The highest BCUT2D eigenvalue weighted by Crippen LogP contribution is 2.27. The van der Waals surface area contributed by atoms with E-state index in [0.717, 1.165) is 16.8 Å².